The predicted molar refractivity (Wildman–Crippen MR) is 66.4 cm³/mol. The molecule has 18 heavy (non-hydrogen) atoms. The zero-order valence-corrected chi connectivity index (χ0v) is 9.87. The van der Waals surface area contributed by atoms with Crippen LogP contribution in [0.1, 0.15) is 17.0 Å². The SMILES string of the molecule is COc1ccccc1C(C#N)c1cncc(O)c1. The molecule has 2 aromatic rings. The molecule has 0 radical (unpaired) electrons. The standard InChI is InChI=1S/C14H12N2O2/c1-18-14-5-3-2-4-12(14)13(7-15)10-6-11(17)9-16-8-10/h2-6,8-9,13,17H,1H3. The molecule has 1 aromatic carbocycles. The maximum absolute atomic E-state index is 9.43. The Balaban J connectivity index is 2.49. The van der Waals surface area contributed by atoms with Crippen LogP contribution in [0.3, 0.4) is 0 Å². The molecular formula is C14H12N2O2. The molecule has 0 saturated heterocycles. The van der Waals surface area contributed by atoms with Crippen molar-refractivity contribution in [2.75, 3.05) is 7.11 Å². The number of benzene rings is 1. The minimum Gasteiger partial charge on any atom is -0.506 e. The van der Waals surface area contributed by atoms with E-state index >= 15 is 0 Å². The second kappa shape index (κ2) is 5.19. The van der Waals surface area contributed by atoms with Gasteiger partial charge in [0.25, 0.3) is 0 Å². The monoisotopic (exact) mass is 240 g/mol. The zero-order valence-electron chi connectivity index (χ0n) is 9.87. The number of ether oxygens (including phenoxy) is 1. The van der Waals surface area contributed by atoms with Crippen molar-refractivity contribution in [3.63, 3.8) is 0 Å². The van der Waals surface area contributed by atoms with Crippen molar-refractivity contribution in [3.8, 4) is 17.6 Å². The molecule has 90 valence electrons. The number of methoxy groups -OCH3 is 1. The van der Waals surface area contributed by atoms with Crippen LogP contribution in [-0.2, 0) is 0 Å². The molecule has 0 aliphatic rings. The number of aromatic hydroxyl groups is 1. The summed E-state index contributed by atoms with van der Waals surface area (Å²) in [7, 11) is 1.56. The summed E-state index contributed by atoms with van der Waals surface area (Å²) in [6.45, 7) is 0. The van der Waals surface area contributed by atoms with Crippen LogP contribution in [0.15, 0.2) is 42.7 Å². The zero-order chi connectivity index (χ0) is 13.0. The van der Waals surface area contributed by atoms with E-state index in [9.17, 15) is 10.4 Å². The van der Waals surface area contributed by atoms with Crippen LogP contribution in [-0.4, -0.2) is 17.2 Å². The maximum Gasteiger partial charge on any atom is 0.134 e. The number of rotatable bonds is 3. The molecule has 1 heterocycles. The van der Waals surface area contributed by atoms with Gasteiger partial charge in [0.05, 0.1) is 19.4 Å². The van der Waals surface area contributed by atoms with Gasteiger partial charge in [-0.15, -0.1) is 0 Å². The summed E-state index contributed by atoms with van der Waals surface area (Å²) in [5.41, 5.74) is 1.40. The summed E-state index contributed by atoms with van der Waals surface area (Å²) in [6.07, 6.45) is 2.90. The van der Waals surface area contributed by atoms with E-state index in [1.165, 1.54) is 12.3 Å². The number of para-hydroxylation sites is 1. The van der Waals surface area contributed by atoms with Crippen LogP contribution in [0, 0.1) is 11.3 Å². The Morgan fingerprint density at radius 3 is 2.78 bits per heavy atom. The number of hydrogen-bond acceptors (Lipinski definition) is 4. The minimum atomic E-state index is -0.513. The first-order valence-electron chi connectivity index (χ1n) is 5.42. The molecule has 4 nitrogen and oxygen atoms in total. The first-order valence-corrected chi connectivity index (χ1v) is 5.42. The molecule has 2 rings (SSSR count). The summed E-state index contributed by atoms with van der Waals surface area (Å²) >= 11 is 0. The molecule has 0 bridgehead atoms. The number of pyridine rings is 1. The van der Waals surface area contributed by atoms with Gasteiger partial charge in [0.15, 0.2) is 0 Å². The topological polar surface area (TPSA) is 66.1 Å². The van der Waals surface area contributed by atoms with Crippen molar-refractivity contribution in [1.29, 1.82) is 5.26 Å². The molecule has 0 spiro atoms. The highest BCUT2D eigenvalue weighted by molar-refractivity contribution is 5.46. The Labute approximate surface area is 105 Å². The van der Waals surface area contributed by atoms with Crippen molar-refractivity contribution in [2.24, 2.45) is 0 Å². The van der Waals surface area contributed by atoms with E-state index in [-0.39, 0.29) is 5.75 Å². The second-order valence-electron chi connectivity index (χ2n) is 3.78. The van der Waals surface area contributed by atoms with E-state index in [2.05, 4.69) is 11.1 Å². The van der Waals surface area contributed by atoms with Gasteiger partial charge in [-0.1, -0.05) is 18.2 Å². The predicted octanol–water partition coefficient (Wildman–Crippen LogP) is 2.45. The van der Waals surface area contributed by atoms with E-state index in [0.29, 0.717) is 11.3 Å². The number of nitrogens with zero attached hydrogens (tertiary/aromatic N) is 2. The summed E-state index contributed by atoms with van der Waals surface area (Å²) in [6, 6.07) is 11.1. The first-order chi connectivity index (χ1) is 8.76. The Morgan fingerprint density at radius 2 is 2.11 bits per heavy atom. The van der Waals surface area contributed by atoms with E-state index in [4.69, 9.17) is 4.74 Å². The highest BCUT2D eigenvalue weighted by Gasteiger charge is 2.18. The van der Waals surface area contributed by atoms with Crippen molar-refractivity contribution in [2.45, 2.75) is 5.92 Å². The highest BCUT2D eigenvalue weighted by Crippen LogP contribution is 2.31. The molecule has 0 aliphatic heterocycles. The average Bonchev–Trinajstić information content (AvgIpc) is 2.40. The van der Waals surface area contributed by atoms with Crippen LogP contribution in [0.25, 0.3) is 0 Å². The van der Waals surface area contributed by atoms with Crippen molar-refractivity contribution in [3.05, 3.63) is 53.9 Å². The lowest BCUT2D eigenvalue weighted by atomic mass is 9.93. The van der Waals surface area contributed by atoms with Gasteiger partial charge in [0.1, 0.15) is 17.4 Å². The second-order valence-corrected chi connectivity index (χ2v) is 3.78. The van der Waals surface area contributed by atoms with Crippen LogP contribution < -0.4 is 4.74 Å². The van der Waals surface area contributed by atoms with Gasteiger partial charge in [-0.3, -0.25) is 4.98 Å². The van der Waals surface area contributed by atoms with Crippen molar-refractivity contribution in [1.82, 2.24) is 4.98 Å². The van der Waals surface area contributed by atoms with E-state index in [1.807, 2.05) is 18.2 Å². The van der Waals surface area contributed by atoms with Gasteiger partial charge in [0.2, 0.25) is 0 Å². The van der Waals surface area contributed by atoms with Gasteiger partial charge in [-0.2, -0.15) is 5.26 Å². The van der Waals surface area contributed by atoms with Crippen LogP contribution in [0.4, 0.5) is 0 Å². The normalized spacial score (nSPS) is 11.6. The molecule has 0 amide bonds. The van der Waals surface area contributed by atoms with Crippen LogP contribution in [0.2, 0.25) is 0 Å². The maximum atomic E-state index is 9.43. The summed E-state index contributed by atoms with van der Waals surface area (Å²) in [5, 5.41) is 18.8. The molecule has 0 fully saturated rings. The van der Waals surface area contributed by atoms with Crippen molar-refractivity contribution >= 4 is 0 Å². The largest absolute Gasteiger partial charge is 0.506 e. The smallest absolute Gasteiger partial charge is 0.134 e. The number of hydrogen-bond donors (Lipinski definition) is 1. The molecule has 1 unspecified atom stereocenters. The molecule has 0 aliphatic carbocycles. The van der Waals surface area contributed by atoms with Gasteiger partial charge in [-0.05, 0) is 17.7 Å². The molecule has 4 heteroatoms. The summed E-state index contributed by atoms with van der Waals surface area (Å²) < 4.78 is 5.25. The molecule has 0 saturated carbocycles. The van der Waals surface area contributed by atoms with Gasteiger partial charge in [0, 0.05) is 11.8 Å². The lowest BCUT2D eigenvalue weighted by molar-refractivity contribution is 0.409. The minimum absolute atomic E-state index is 0.0441. The van der Waals surface area contributed by atoms with Crippen LogP contribution in [0.5, 0.6) is 11.5 Å². The fraction of sp³-hybridized carbons (Fsp3) is 0.143. The Bertz CT molecular complexity index is 590. The third-order valence-corrected chi connectivity index (χ3v) is 2.66. The fourth-order valence-electron chi connectivity index (χ4n) is 1.83. The van der Waals surface area contributed by atoms with Gasteiger partial charge in [-0.25, -0.2) is 0 Å². The van der Waals surface area contributed by atoms with Gasteiger partial charge < -0.3 is 9.84 Å². The third kappa shape index (κ3) is 2.25. The Morgan fingerprint density at radius 1 is 1.33 bits per heavy atom. The lowest BCUT2D eigenvalue weighted by Gasteiger charge is -2.13. The molecule has 1 aromatic heterocycles. The summed E-state index contributed by atoms with van der Waals surface area (Å²) in [5.74, 6) is 0.177. The quantitative estimate of drug-likeness (QED) is 0.894. The van der Waals surface area contributed by atoms with Crippen molar-refractivity contribution < 1.29 is 9.84 Å². The molecule has 1 atom stereocenters. The van der Waals surface area contributed by atoms with Crippen LogP contribution >= 0.6 is 0 Å². The van der Waals surface area contributed by atoms with E-state index in [0.717, 1.165) is 5.56 Å². The summed E-state index contributed by atoms with van der Waals surface area (Å²) in [4.78, 5) is 3.89. The van der Waals surface area contributed by atoms with E-state index < -0.39 is 5.92 Å². The molecule has 1 N–H and O–H groups in total. The average molecular weight is 240 g/mol. The fourth-order valence-corrected chi connectivity index (χ4v) is 1.83. The number of aromatic nitrogens is 1. The Hall–Kier alpha value is -2.54. The third-order valence-electron chi connectivity index (χ3n) is 2.66. The van der Waals surface area contributed by atoms with E-state index in [1.54, 1.807) is 19.4 Å². The molecular weight excluding hydrogens is 228 g/mol. The van der Waals surface area contributed by atoms with Gasteiger partial charge >= 0.3 is 0 Å². The highest BCUT2D eigenvalue weighted by atomic mass is 16.5. The lowest BCUT2D eigenvalue weighted by Crippen LogP contribution is -2.01. The number of nitriles is 1. The first kappa shape index (κ1) is 11.9. The Kier molecular flexibility index (Phi) is 3.44.